The van der Waals surface area contributed by atoms with E-state index in [1.54, 1.807) is 29.3 Å². The summed E-state index contributed by atoms with van der Waals surface area (Å²) in [6.45, 7) is 4.12. The molecule has 0 atom stereocenters. The van der Waals surface area contributed by atoms with Crippen LogP contribution >= 0.6 is 0 Å². The molecule has 0 saturated carbocycles. The Morgan fingerprint density at radius 3 is 2.50 bits per heavy atom. The fourth-order valence-electron chi connectivity index (χ4n) is 2.29. The van der Waals surface area contributed by atoms with E-state index >= 15 is 0 Å². The SMILES string of the molecule is CC(C)N(Cc1nnc(-c2ccccc2)o1)C(=O)c1ccccn1. The first-order valence-corrected chi connectivity index (χ1v) is 7.75. The molecule has 0 aliphatic carbocycles. The summed E-state index contributed by atoms with van der Waals surface area (Å²) in [7, 11) is 0. The summed E-state index contributed by atoms with van der Waals surface area (Å²) in [5.74, 6) is 0.677. The van der Waals surface area contributed by atoms with Crippen molar-refractivity contribution in [2.75, 3.05) is 0 Å². The Hall–Kier alpha value is -3.02. The van der Waals surface area contributed by atoms with Crippen LogP contribution in [0.25, 0.3) is 11.5 Å². The van der Waals surface area contributed by atoms with Crippen molar-refractivity contribution in [2.45, 2.75) is 26.4 Å². The smallest absolute Gasteiger partial charge is 0.273 e. The van der Waals surface area contributed by atoms with E-state index < -0.39 is 0 Å². The second-order valence-corrected chi connectivity index (χ2v) is 5.61. The van der Waals surface area contributed by atoms with Crippen molar-refractivity contribution in [3.63, 3.8) is 0 Å². The molecule has 0 radical (unpaired) electrons. The molecule has 24 heavy (non-hydrogen) atoms. The van der Waals surface area contributed by atoms with Gasteiger partial charge in [-0.3, -0.25) is 9.78 Å². The molecule has 6 nitrogen and oxygen atoms in total. The lowest BCUT2D eigenvalue weighted by molar-refractivity contribution is 0.0666. The summed E-state index contributed by atoms with van der Waals surface area (Å²) >= 11 is 0. The van der Waals surface area contributed by atoms with E-state index in [0.717, 1.165) is 5.56 Å². The van der Waals surface area contributed by atoms with Gasteiger partial charge in [-0.1, -0.05) is 24.3 Å². The van der Waals surface area contributed by atoms with Gasteiger partial charge in [-0.05, 0) is 38.1 Å². The molecule has 0 saturated heterocycles. The highest BCUT2D eigenvalue weighted by atomic mass is 16.4. The van der Waals surface area contributed by atoms with Crippen LogP contribution < -0.4 is 0 Å². The van der Waals surface area contributed by atoms with Gasteiger partial charge in [-0.2, -0.15) is 0 Å². The van der Waals surface area contributed by atoms with Crippen LogP contribution in [0.15, 0.2) is 59.1 Å². The number of hydrogen-bond donors (Lipinski definition) is 0. The van der Waals surface area contributed by atoms with E-state index in [0.29, 0.717) is 17.5 Å². The number of carbonyl (C=O) groups excluding carboxylic acids is 1. The Morgan fingerprint density at radius 1 is 1.08 bits per heavy atom. The Kier molecular flexibility index (Phi) is 4.65. The zero-order valence-corrected chi connectivity index (χ0v) is 13.6. The first-order chi connectivity index (χ1) is 11.6. The summed E-state index contributed by atoms with van der Waals surface area (Å²) in [5.41, 5.74) is 1.25. The Balaban J connectivity index is 1.80. The number of benzene rings is 1. The lowest BCUT2D eigenvalue weighted by atomic mass is 10.2. The number of rotatable bonds is 5. The number of aromatic nitrogens is 3. The minimum atomic E-state index is -0.162. The second-order valence-electron chi connectivity index (χ2n) is 5.61. The predicted octanol–water partition coefficient (Wildman–Crippen LogP) is 3.18. The maximum atomic E-state index is 12.6. The van der Waals surface area contributed by atoms with E-state index in [1.807, 2.05) is 44.2 Å². The van der Waals surface area contributed by atoms with Crippen LogP contribution in [0.4, 0.5) is 0 Å². The van der Waals surface area contributed by atoms with Crippen LogP contribution in [0.3, 0.4) is 0 Å². The zero-order chi connectivity index (χ0) is 16.9. The average molecular weight is 322 g/mol. The van der Waals surface area contributed by atoms with Crippen molar-refractivity contribution in [1.82, 2.24) is 20.1 Å². The van der Waals surface area contributed by atoms with Crippen molar-refractivity contribution >= 4 is 5.91 Å². The van der Waals surface area contributed by atoms with Gasteiger partial charge in [0.25, 0.3) is 5.91 Å². The van der Waals surface area contributed by atoms with Gasteiger partial charge in [0.2, 0.25) is 11.8 Å². The third-order valence-corrected chi connectivity index (χ3v) is 3.56. The van der Waals surface area contributed by atoms with Gasteiger partial charge in [-0.15, -0.1) is 10.2 Å². The molecule has 0 bridgehead atoms. The highest BCUT2D eigenvalue weighted by Crippen LogP contribution is 2.18. The van der Waals surface area contributed by atoms with Crippen LogP contribution in [-0.4, -0.2) is 32.0 Å². The van der Waals surface area contributed by atoms with Crippen LogP contribution in [0.2, 0.25) is 0 Å². The lowest BCUT2D eigenvalue weighted by Gasteiger charge is -2.24. The molecule has 0 aliphatic rings. The van der Waals surface area contributed by atoms with Gasteiger partial charge in [0.15, 0.2) is 0 Å². The van der Waals surface area contributed by atoms with E-state index in [4.69, 9.17) is 4.42 Å². The van der Waals surface area contributed by atoms with Crippen molar-refractivity contribution in [1.29, 1.82) is 0 Å². The van der Waals surface area contributed by atoms with Gasteiger partial charge >= 0.3 is 0 Å². The van der Waals surface area contributed by atoms with Crippen molar-refractivity contribution in [3.8, 4) is 11.5 Å². The fourth-order valence-corrected chi connectivity index (χ4v) is 2.29. The molecule has 6 heteroatoms. The molecule has 3 aromatic rings. The van der Waals surface area contributed by atoms with Crippen LogP contribution in [0.1, 0.15) is 30.2 Å². The van der Waals surface area contributed by atoms with Gasteiger partial charge in [0.05, 0.1) is 6.54 Å². The number of hydrogen-bond acceptors (Lipinski definition) is 5. The Labute approximate surface area is 140 Å². The molecule has 122 valence electrons. The number of carbonyl (C=O) groups is 1. The maximum Gasteiger partial charge on any atom is 0.273 e. The fraction of sp³-hybridized carbons (Fsp3) is 0.222. The molecule has 2 heterocycles. The summed E-state index contributed by atoms with van der Waals surface area (Å²) in [6.07, 6.45) is 1.60. The molecule has 0 N–H and O–H groups in total. The van der Waals surface area contributed by atoms with E-state index in [2.05, 4.69) is 15.2 Å². The molecule has 2 aromatic heterocycles. The topological polar surface area (TPSA) is 72.1 Å². The minimum absolute atomic E-state index is 0.0217. The summed E-state index contributed by atoms with van der Waals surface area (Å²) < 4.78 is 5.70. The standard InChI is InChI=1S/C18H18N4O2/c1-13(2)22(18(23)15-10-6-7-11-19-15)12-16-20-21-17(24-16)14-8-4-3-5-9-14/h3-11,13H,12H2,1-2H3. The number of amides is 1. The molecule has 0 unspecified atom stereocenters. The monoisotopic (exact) mass is 322 g/mol. The molecule has 0 aliphatic heterocycles. The largest absolute Gasteiger partial charge is 0.419 e. The van der Waals surface area contributed by atoms with E-state index in [-0.39, 0.29) is 18.5 Å². The third kappa shape index (κ3) is 3.48. The third-order valence-electron chi connectivity index (χ3n) is 3.56. The van der Waals surface area contributed by atoms with Crippen LogP contribution in [0.5, 0.6) is 0 Å². The normalized spacial score (nSPS) is 10.8. The molecule has 3 rings (SSSR count). The van der Waals surface area contributed by atoms with Gasteiger partial charge in [0.1, 0.15) is 5.69 Å². The van der Waals surface area contributed by atoms with E-state index in [1.165, 1.54) is 0 Å². The van der Waals surface area contributed by atoms with Crippen molar-refractivity contribution in [3.05, 3.63) is 66.3 Å². The first kappa shape index (κ1) is 15.9. The van der Waals surface area contributed by atoms with E-state index in [9.17, 15) is 4.79 Å². The van der Waals surface area contributed by atoms with Crippen LogP contribution in [0, 0.1) is 0 Å². The quantitative estimate of drug-likeness (QED) is 0.721. The molecule has 0 fully saturated rings. The molecule has 1 aromatic carbocycles. The number of nitrogens with zero attached hydrogens (tertiary/aromatic N) is 4. The van der Waals surface area contributed by atoms with Gasteiger partial charge in [0, 0.05) is 17.8 Å². The summed E-state index contributed by atoms with van der Waals surface area (Å²) in [5, 5.41) is 8.12. The van der Waals surface area contributed by atoms with Crippen molar-refractivity contribution in [2.24, 2.45) is 0 Å². The zero-order valence-electron chi connectivity index (χ0n) is 13.6. The maximum absolute atomic E-state index is 12.6. The first-order valence-electron chi connectivity index (χ1n) is 7.75. The summed E-state index contributed by atoms with van der Waals surface area (Å²) in [6, 6.07) is 14.8. The summed E-state index contributed by atoms with van der Waals surface area (Å²) in [4.78, 5) is 18.4. The molecular weight excluding hydrogens is 304 g/mol. The highest BCUT2D eigenvalue weighted by Gasteiger charge is 2.22. The average Bonchev–Trinajstić information content (AvgIpc) is 3.09. The predicted molar refractivity (Wildman–Crippen MR) is 89.0 cm³/mol. The van der Waals surface area contributed by atoms with Crippen molar-refractivity contribution < 1.29 is 9.21 Å². The number of pyridine rings is 1. The lowest BCUT2D eigenvalue weighted by Crippen LogP contribution is -2.36. The molecular formula is C18H18N4O2. The molecule has 0 spiro atoms. The molecule has 1 amide bonds. The highest BCUT2D eigenvalue weighted by molar-refractivity contribution is 5.92. The van der Waals surface area contributed by atoms with Gasteiger partial charge < -0.3 is 9.32 Å². The van der Waals surface area contributed by atoms with Crippen LogP contribution in [-0.2, 0) is 6.54 Å². The second kappa shape index (κ2) is 7.04. The Bertz CT molecular complexity index is 800. The minimum Gasteiger partial charge on any atom is -0.419 e. The van der Waals surface area contributed by atoms with Gasteiger partial charge in [-0.25, -0.2) is 0 Å². The Morgan fingerprint density at radius 2 is 1.83 bits per heavy atom.